The quantitative estimate of drug-likeness (QED) is 0.794. The van der Waals surface area contributed by atoms with E-state index >= 15 is 0 Å². The highest BCUT2D eigenvalue weighted by atomic mass is 35.7. The molecular weight excluding hydrogens is 243 g/mol. The predicted molar refractivity (Wildman–Crippen MR) is 52.0 cm³/mol. The number of hydrogen-bond acceptors (Lipinski definition) is 4. The van der Waals surface area contributed by atoms with E-state index in [4.69, 9.17) is 21.7 Å². The second kappa shape index (κ2) is 4.14. The summed E-state index contributed by atoms with van der Waals surface area (Å²) in [4.78, 5) is -0.329. The Labute approximate surface area is 90.5 Å². The van der Waals surface area contributed by atoms with Gasteiger partial charge in [0.2, 0.25) is 0 Å². The molecule has 0 fully saturated rings. The molecule has 0 aliphatic carbocycles. The third-order valence-corrected chi connectivity index (χ3v) is 3.20. The summed E-state index contributed by atoms with van der Waals surface area (Å²) in [6, 6.07) is 3.40. The largest absolute Gasteiger partial charge is 0.326 e. The number of benzene rings is 1. The summed E-state index contributed by atoms with van der Waals surface area (Å²) in [5, 5.41) is 8.64. The van der Waals surface area contributed by atoms with Gasteiger partial charge in [-0.3, -0.25) is 0 Å². The highest BCUT2D eigenvalue weighted by Gasteiger charge is 2.20. The fourth-order valence-corrected chi connectivity index (χ4v) is 2.30. The van der Waals surface area contributed by atoms with Crippen LogP contribution in [0.2, 0.25) is 0 Å². The molecule has 4 nitrogen and oxygen atoms in total. The fraction of sp³-hybridized carbons (Fsp3) is 0.125. The zero-order valence-electron chi connectivity index (χ0n) is 7.37. The van der Waals surface area contributed by atoms with Crippen molar-refractivity contribution in [2.24, 2.45) is 5.73 Å². The van der Waals surface area contributed by atoms with Crippen molar-refractivity contribution < 1.29 is 12.8 Å². The predicted octanol–water partition coefficient (Wildman–Crippen LogP) is 1.08. The Kier molecular flexibility index (Phi) is 3.29. The second-order valence-corrected chi connectivity index (χ2v) is 5.19. The molecule has 0 heterocycles. The van der Waals surface area contributed by atoms with Gasteiger partial charge < -0.3 is 5.73 Å². The zero-order valence-corrected chi connectivity index (χ0v) is 8.94. The Morgan fingerprint density at radius 1 is 1.53 bits per heavy atom. The van der Waals surface area contributed by atoms with Crippen LogP contribution in [0.25, 0.3) is 0 Å². The monoisotopic (exact) mass is 248 g/mol. The maximum Gasteiger partial charge on any atom is 0.261 e. The van der Waals surface area contributed by atoms with E-state index in [-0.39, 0.29) is 22.6 Å². The van der Waals surface area contributed by atoms with Gasteiger partial charge in [-0.2, -0.15) is 5.26 Å². The number of nitrogens with zero attached hydrogens (tertiary/aromatic N) is 1. The standard InChI is InChI=1S/C8H6ClFN2O2S/c9-15(13,14)8-2-1-7(10)5(3-11)6(8)4-12/h1-2H,4,12H2. The number of rotatable bonds is 2. The molecule has 0 aromatic heterocycles. The van der Waals surface area contributed by atoms with E-state index in [1.165, 1.54) is 0 Å². The molecule has 0 unspecified atom stereocenters. The van der Waals surface area contributed by atoms with Crippen LogP contribution in [0, 0.1) is 17.1 Å². The minimum atomic E-state index is -4.02. The van der Waals surface area contributed by atoms with Gasteiger partial charge in [-0.1, -0.05) is 0 Å². The Hall–Kier alpha value is -1.16. The first-order chi connectivity index (χ1) is 6.91. The SMILES string of the molecule is N#Cc1c(F)ccc(S(=O)(=O)Cl)c1CN. The van der Waals surface area contributed by atoms with Crippen molar-refractivity contribution in [1.29, 1.82) is 5.26 Å². The highest BCUT2D eigenvalue weighted by Crippen LogP contribution is 2.24. The van der Waals surface area contributed by atoms with Gasteiger partial charge in [0.05, 0.1) is 10.5 Å². The summed E-state index contributed by atoms with van der Waals surface area (Å²) >= 11 is 0. The van der Waals surface area contributed by atoms with Crippen LogP contribution in [0.3, 0.4) is 0 Å². The summed E-state index contributed by atoms with van der Waals surface area (Å²) in [7, 11) is 1.09. The molecule has 0 saturated carbocycles. The van der Waals surface area contributed by atoms with Gasteiger partial charge in [-0.15, -0.1) is 0 Å². The molecule has 0 atom stereocenters. The van der Waals surface area contributed by atoms with Gasteiger partial charge in [0, 0.05) is 22.8 Å². The van der Waals surface area contributed by atoms with E-state index in [2.05, 4.69) is 0 Å². The lowest BCUT2D eigenvalue weighted by molar-refractivity contribution is 0.604. The Morgan fingerprint density at radius 2 is 2.13 bits per heavy atom. The van der Waals surface area contributed by atoms with Crippen molar-refractivity contribution in [2.75, 3.05) is 0 Å². The molecule has 1 aromatic rings. The van der Waals surface area contributed by atoms with Gasteiger partial charge in [-0.25, -0.2) is 12.8 Å². The Morgan fingerprint density at radius 3 is 2.53 bits per heavy atom. The van der Waals surface area contributed by atoms with E-state index in [0.29, 0.717) is 0 Å². The van der Waals surface area contributed by atoms with Crippen LogP contribution >= 0.6 is 10.7 Å². The molecule has 0 aliphatic rings. The van der Waals surface area contributed by atoms with Gasteiger partial charge in [-0.05, 0) is 12.1 Å². The Balaban J connectivity index is 3.66. The topological polar surface area (TPSA) is 84.0 Å². The summed E-state index contributed by atoms with van der Waals surface area (Å²) in [5.74, 6) is -0.818. The minimum Gasteiger partial charge on any atom is -0.326 e. The van der Waals surface area contributed by atoms with Crippen molar-refractivity contribution in [1.82, 2.24) is 0 Å². The van der Waals surface area contributed by atoms with E-state index in [9.17, 15) is 12.8 Å². The highest BCUT2D eigenvalue weighted by molar-refractivity contribution is 8.13. The lowest BCUT2D eigenvalue weighted by atomic mass is 10.1. The van der Waals surface area contributed by atoms with Crippen molar-refractivity contribution >= 4 is 19.7 Å². The number of halogens is 2. The molecule has 2 N–H and O–H groups in total. The van der Waals surface area contributed by atoms with Crippen molar-refractivity contribution in [3.05, 3.63) is 29.1 Å². The van der Waals surface area contributed by atoms with Crippen LogP contribution in [0.5, 0.6) is 0 Å². The molecule has 0 bridgehead atoms. The molecule has 1 rings (SSSR count). The van der Waals surface area contributed by atoms with Crippen molar-refractivity contribution in [3.63, 3.8) is 0 Å². The van der Waals surface area contributed by atoms with Gasteiger partial charge >= 0.3 is 0 Å². The molecule has 1 aromatic carbocycles. The van der Waals surface area contributed by atoms with Gasteiger partial charge in [0.15, 0.2) is 0 Å². The van der Waals surface area contributed by atoms with Crippen LogP contribution in [0.1, 0.15) is 11.1 Å². The third kappa shape index (κ3) is 2.26. The van der Waals surface area contributed by atoms with E-state index in [1.807, 2.05) is 0 Å². The molecular formula is C8H6ClFN2O2S. The molecule has 0 saturated heterocycles. The first-order valence-electron chi connectivity index (χ1n) is 3.78. The minimum absolute atomic E-state index is 0.104. The normalized spacial score (nSPS) is 11.1. The van der Waals surface area contributed by atoms with Crippen LogP contribution < -0.4 is 5.73 Å². The molecule has 0 radical (unpaired) electrons. The summed E-state index contributed by atoms with van der Waals surface area (Å²) in [6.45, 7) is -0.276. The first-order valence-corrected chi connectivity index (χ1v) is 6.09. The van der Waals surface area contributed by atoms with Gasteiger partial charge in [0.25, 0.3) is 9.05 Å². The summed E-state index contributed by atoms with van der Waals surface area (Å²) in [5.41, 5.74) is 4.76. The molecule has 7 heteroatoms. The Bertz CT molecular complexity index is 536. The van der Waals surface area contributed by atoms with E-state index in [0.717, 1.165) is 12.1 Å². The lowest BCUT2D eigenvalue weighted by Gasteiger charge is -2.06. The van der Waals surface area contributed by atoms with E-state index in [1.54, 1.807) is 6.07 Å². The van der Waals surface area contributed by atoms with Crippen LogP contribution in [-0.4, -0.2) is 8.42 Å². The molecule has 0 aliphatic heterocycles. The number of nitriles is 1. The fourth-order valence-electron chi connectivity index (χ4n) is 1.15. The van der Waals surface area contributed by atoms with Crippen LogP contribution in [0.4, 0.5) is 4.39 Å². The van der Waals surface area contributed by atoms with Crippen LogP contribution in [0.15, 0.2) is 17.0 Å². The maximum atomic E-state index is 13.1. The van der Waals surface area contributed by atoms with Crippen molar-refractivity contribution in [3.8, 4) is 6.07 Å². The van der Waals surface area contributed by atoms with Gasteiger partial charge in [0.1, 0.15) is 11.9 Å². The molecule has 0 spiro atoms. The van der Waals surface area contributed by atoms with Crippen molar-refractivity contribution in [2.45, 2.75) is 11.4 Å². The molecule has 80 valence electrons. The maximum absolute atomic E-state index is 13.1. The first kappa shape index (κ1) is 11.9. The number of hydrogen-bond donors (Lipinski definition) is 1. The smallest absolute Gasteiger partial charge is 0.261 e. The number of nitrogens with two attached hydrogens (primary N) is 1. The zero-order chi connectivity index (χ0) is 11.6. The van der Waals surface area contributed by atoms with Crippen LogP contribution in [-0.2, 0) is 15.6 Å². The lowest BCUT2D eigenvalue weighted by Crippen LogP contribution is -2.08. The average Bonchev–Trinajstić information content (AvgIpc) is 2.15. The summed E-state index contributed by atoms with van der Waals surface area (Å²) < 4.78 is 35.2. The average molecular weight is 249 g/mol. The van der Waals surface area contributed by atoms with E-state index < -0.39 is 14.9 Å². The second-order valence-electron chi connectivity index (χ2n) is 2.65. The molecule has 15 heavy (non-hydrogen) atoms. The molecule has 0 amide bonds. The summed E-state index contributed by atoms with van der Waals surface area (Å²) in [6.07, 6.45) is 0. The third-order valence-electron chi connectivity index (χ3n) is 1.80.